The van der Waals surface area contributed by atoms with Crippen LogP contribution < -0.4 is 4.74 Å². The van der Waals surface area contributed by atoms with Gasteiger partial charge in [-0.3, -0.25) is 4.98 Å². The van der Waals surface area contributed by atoms with Crippen molar-refractivity contribution in [3.63, 3.8) is 0 Å². The Balaban J connectivity index is 2.30. The zero-order chi connectivity index (χ0) is 10.9. The van der Waals surface area contributed by atoms with Crippen LogP contribution in [0.15, 0.2) is 18.5 Å². The van der Waals surface area contributed by atoms with Crippen molar-refractivity contribution in [1.29, 1.82) is 0 Å². The minimum Gasteiger partial charge on any atom is -0.493 e. The molecule has 0 aliphatic heterocycles. The second kappa shape index (κ2) is 7.23. The maximum absolute atomic E-state index is 9.04. The number of rotatable bonds is 7. The molecule has 3 heteroatoms. The van der Waals surface area contributed by atoms with Gasteiger partial charge in [0.15, 0.2) is 0 Å². The standard InChI is InChI=1S/C12H19NO2/c1-2-3-4-5-8-15-12-6-7-13-9-11(12)10-14/h6-7,9,14H,2-5,8,10H2,1H3. The molecule has 0 radical (unpaired) electrons. The van der Waals surface area contributed by atoms with Crippen LogP contribution in [0.2, 0.25) is 0 Å². The lowest BCUT2D eigenvalue weighted by molar-refractivity contribution is 0.259. The van der Waals surface area contributed by atoms with Crippen molar-refractivity contribution in [2.24, 2.45) is 0 Å². The van der Waals surface area contributed by atoms with Crippen molar-refractivity contribution in [2.75, 3.05) is 6.61 Å². The fourth-order valence-electron chi connectivity index (χ4n) is 1.38. The van der Waals surface area contributed by atoms with E-state index >= 15 is 0 Å². The van der Waals surface area contributed by atoms with Crippen molar-refractivity contribution in [2.45, 2.75) is 39.2 Å². The minimum absolute atomic E-state index is 0.0157. The summed E-state index contributed by atoms with van der Waals surface area (Å²) in [6.07, 6.45) is 8.09. The Bertz CT molecular complexity index is 276. The molecular formula is C12H19NO2. The number of aliphatic hydroxyl groups is 1. The smallest absolute Gasteiger partial charge is 0.127 e. The van der Waals surface area contributed by atoms with Crippen LogP contribution in [0, 0.1) is 0 Å². The first kappa shape index (κ1) is 12.0. The average molecular weight is 209 g/mol. The van der Waals surface area contributed by atoms with E-state index in [1.54, 1.807) is 18.5 Å². The monoisotopic (exact) mass is 209 g/mol. The molecule has 0 atom stereocenters. The van der Waals surface area contributed by atoms with E-state index in [-0.39, 0.29) is 6.61 Å². The molecule has 0 aromatic carbocycles. The number of pyridine rings is 1. The van der Waals surface area contributed by atoms with Crippen molar-refractivity contribution >= 4 is 0 Å². The van der Waals surface area contributed by atoms with E-state index in [0.29, 0.717) is 0 Å². The van der Waals surface area contributed by atoms with Crippen molar-refractivity contribution < 1.29 is 9.84 Å². The number of hydrogen-bond acceptors (Lipinski definition) is 3. The van der Waals surface area contributed by atoms with Gasteiger partial charge in [0.1, 0.15) is 5.75 Å². The molecule has 1 rings (SSSR count). The highest BCUT2D eigenvalue weighted by atomic mass is 16.5. The van der Waals surface area contributed by atoms with Gasteiger partial charge in [0, 0.05) is 18.0 Å². The van der Waals surface area contributed by atoms with E-state index in [2.05, 4.69) is 11.9 Å². The zero-order valence-electron chi connectivity index (χ0n) is 9.28. The summed E-state index contributed by atoms with van der Waals surface area (Å²) >= 11 is 0. The quantitative estimate of drug-likeness (QED) is 0.702. The lowest BCUT2D eigenvalue weighted by atomic mass is 10.2. The maximum Gasteiger partial charge on any atom is 0.127 e. The zero-order valence-corrected chi connectivity index (χ0v) is 9.28. The van der Waals surface area contributed by atoms with Gasteiger partial charge in [-0.2, -0.15) is 0 Å². The summed E-state index contributed by atoms with van der Waals surface area (Å²) in [7, 11) is 0. The summed E-state index contributed by atoms with van der Waals surface area (Å²) in [5, 5.41) is 9.04. The molecular weight excluding hydrogens is 190 g/mol. The molecule has 0 fully saturated rings. The molecule has 0 bridgehead atoms. The summed E-state index contributed by atoms with van der Waals surface area (Å²) in [5.41, 5.74) is 0.757. The average Bonchev–Trinajstić information content (AvgIpc) is 2.29. The van der Waals surface area contributed by atoms with Gasteiger partial charge in [0.2, 0.25) is 0 Å². The van der Waals surface area contributed by atoms with E-state index in [4.69, 9.17) is 9.84 Å². The Morgan fingerprint density at radius 2 is 2.20 bits per heavy atom. The van der Waals surface area contributed by atoms with Crippen molar-refractivity contribution in [3.8, 4) is 5.75 Å². The van der Waals surface area contributed by atoms with E-state index in [9.17, 15) is 0 Å². The van der Waals surface area contributed by atoms with Gasteiger partial charge in [-0.05, 0) is 12.5 Å². The fourth-order valence-corrected chi connectivity index (χ4v) is 1.38. The molecule has 1 aromatic heterocycles. The molecule has 0 saturated carbocycles. The third-order valence-corrected chi connectivity index (χ3v) is 2.28. The van der Waals surface area contributed by atoms with Crippen LogP contribution in [0.4, 0.5) is 0 Å². The number of aromatic nitrogens is 1. The first-order valence-electron chi connectivity index (χ1n) is 5.55. The number of aliphatic hydroxyl groups excluding tert-OH is 1. The number of unbranched alkanes of at least 4 members (excludes halogenated alkanes) is 3. The summed E-state index contributed by atoms with van der Waals surface area (Å²) in [6.45, 7) is 2.89. The summed E-state index contributed by atoms with van der Waals surface area (Å²) in [6, 6.07) is 1.80. The lowest BCUT2D eigenvalue weighted by Crippen LogP contribution is -2.00. The molecule has 3 nitrogen and oxygen atoms in total. The number of hydrogen-bond donors (Lipinski definition) is 1. The molecule has 15 heavy (non-hydrogen) atoms. The van der Waals surface area contributed by atoms with Crippen LogP contribution >= 0.6 is 0 Å². The highest BCUT2D eigenvalue weighted by Crippen LogP contribution is 2.16. The minimum atomic E-state index is -0.0157. The topological polar surface area (TPSA) is 42.4 Å². The first-order valence-corrected chi connectivity index (χ1v) is 5.55. The molecule has 0 unspecified atom stereocenters. The third-order valence-electron chi connectivity index (χ3n) is 2.28. The SMILES string of the molecule is CCCCCCOc1ccncc1CO. The summed E-state index contributed by atoms with van der Waals surface area (Å²) < 4.78 is 5.57. The third kappa shape index (κ3) is 4.30. The number of nitrogens with zero attached hydrogens (tertiary/aromatic N) is 1. The van der Waals surface area contributed by atoms with E-state index in [1.165, 1.54) is 19.3 Å². The predicted molar refractivity (Wildman–Crippen MR) is 59.8 cm³/mol. The molecule has 0 spiro atoms. The van der Waals surface area contributed by atoms with Crippen LogP contribution in [0.25, 0.3) is 0 Å². The van der Waals surface area contributed by atoms with Gasteiger partial charge in [-0.1, -0.05) is 26.2 Å². The Kier molecular flexibility index (Phi) is 5.78. The molecule has 1 N–H and O–H groups in total. The van der Waals surface area contributed by atoms with Crippen LogP contribution in [0.5, 0.6) is 5.75 Å². The largest absolute Gasteiger partial charge is 0.493 e. The van der Waals surface area contributed by atoms with Gasteiger partial charge in [-0.25, -0.2) is 0 Å². The van der Waals surface area contributed by atoms with Gasteiger partial charge in [-0.15, -0.1) is 0 Å². The molecule has 0 amide bonds. The Hall–Kier alpha value is -1.09. The van der Waals surface area contributed by atoms with Crippen molar-refractivity contribution in [3.05, 3.63) is 24.0 Å². The maximum atomic E-state index is 9.04. The van der Waals surface area contributed by atoms with Crippen LogP contribution in [0.1, 0.15) is 38.2 Å². The molecule has 1 aromatic rings. The van der Waals surface area contributed by atoms with Crippen LogP contribution in [0.3, 0.4) is 0 Å². The van der Waals surface area contributed by atoms with Crippen LogP contribution in [-0.4, -0.2) is 16.7 Å². The van der Waals surface area contributed by atoms with Crippen molar-refractivity contribution in [1.82, 2.24) is 4.98 Å². The normalized spacial score (nSPS) is 10.3. The Morgan fingerprint density at radius 1 is 1.33 bits per heavy atom. The van der Waals surface area contributed by atoms with E-state index < -0.39 is 0 Å². The second-order valence-electron chi connectivity index (χ2n) is 3.55. The molecule has 1 heterocycles. The molecule has 0 aliphatic carbocycles. The van der Waals surface area contributed by atoms with Gasteiger partial charge in [0.05, 0.1) is 13.2 Å². The van der Waals surface area contributed by atoms with E-state index in [0.717, 1.165) is 24.3 Å². The Morgan fingerprint density at radius 3 is 2.93 bits per heavy atom. The lowest BCUT2D eigenvalue weighted by Gasteiger charge is -2.08. The van der Waals surface area contributed by atoms with Gasteiger partial charge >= 0.3 is 0 Å². The van der Waals surface area contributed by atoms with Gasteiger partial charge < -0.3 is 9.84 Å². The van der Waals surface area contributed by atoms with Crippen LogP contribution in [-0.2, 0) is 6.61 Å². The second-order valence-corrected chi connectivity index (χ2v) is 3.55. The Labute approximate surface area is 91.1 Å². The molecule has 0 aliphatic rings. The van der Waals surface area contributed by atoms with Gasteiger partial charge in [0.25, 0.3) is 0 Å². The molecule has 84 valence electrons. The summed E-state index contributed by atoms with van der Waals surface area (Å²) in [4.78, 5) is 3.93. The first-order chi connectivity index (χ1) is 7.38. The highest BCUT2D eigenvalue weighted by Gasteiger charge is 2.01. The fraction of sp³-hybridized carbons (Fsp3) is 0.583. The summed E-state index contributed by atoms with van der Waals surface area (Å²) in [5.74, 6) is 0.754. The van der Waals surface area contributed by atoms with E-state index in [1.807, 2.05) is 0 Å². The molecule has 0 saturated heterocycles. The predicted octanol–water partition coefficient (Wildman–Crippen LogP) is 2.53. The number of ether oxygens (including phenoxy) is 1. The highest BCUT2D eigenvalue weighted by molar-refractivity contribution is 5.29.